The fraction of sp³-hybridized carbons (Fsp3) is 0.208. The Bertz CT molecular complexity index is 1440. The molecule has 180 valence electrons. The van der Waals surface area contributed by atoms with Crippen molar-refractivity contribution >= 4 is 34.1 Å². The lowest BCUT2D eigenvalue weighted by Crippen LogP contribution is -2.56. The zero-order chi connectivity index (χ0) is 25.5. The van der Waals surface area contributed by atoms with Crippen LogP contribution in [-0.4, -0.2) is 34.5 Å². The van der Waals surface area contributed by atoms with Crippen molar-refractivity contribution < 1.29 is 22.4 Å². The lowest BCUT2D eigenvalue weighted by molar-refractivity contribution is -0.136. The lowest BCUT2D eigenvalue weighted by Gasteiger charge is -2.39. The largest absolute Gasteiger partial charge is 0.419 e. The second kappa shape index (κ2) is 9.07. The van der Waals surface area contributed by atoms with Crippen molar-refractivity contribution in [1.82, 2.24) is 9.47 Å². The molecule has 1 saturated heterocycles. The summed E-state index contributed by atoms with van der Waals surface area (Å²) in [4.78, 5) is 26.5. The Morgan fingerprint density at radius 3 is 2.46 bits per heavy atom. The number of hydrogen-bond donors (Lipinski definition) is 1. The van der Waals surface area contributed by atoms with E-state index in [0.717, 1.165) is 28.8 Å². The number of benzene rings is 2. The van der Waals surface area contributed by atoms with E-state index in [2.05, 4.69) is 11.9 Å². The van der Waals surface area contributed by atoms with E-state index in [1.165, 1.54) is 23.1 Å². The van der Waals surface area contributed by atoms with Gasteiger partial charge < -0.3 is 14.8 Å². The maximum Gasteiger partial charge on any atom is 0.419 e. The van der Waals surface area contributed by atoms with Crippen LogP contribution in [-0.2, 0) is 17.5 Å². The summed E-state index contributed by atoms with van der Waals surface area (Å²) in [6, 6.07) is 8.67. The number of nitrogens with zero attached hydrogens (tertiary/aromatic N) is 3. The summed E-state index contributed by atoms with van der Waals surface area (Å²) in [6.07, 6.45) is -3.77. The van der Waals surface area contributed by atoms with E-state index in [-0.39, 0.29) is 42.2 Å². The van der Waals surface area contributed by atoms with Crippen molar-refractivity contribution in [2.45, 2.75) is 18.8 Å². The van der Waals surface area contributed by atoms with Crippen molar-refractivity contribution in [2.24, 2.45) is 0 Å². The summed E-state index contributed by atoms with van der Waals surface area (Å²) in [5.41, 5.74) is -2.79. The third kappa shape index (κ3) is 4.47. The molecule has 1 fully saturated rings. The summed E-state index contributed by atoms with van der Waals surface area (Å²) in [5, 5.41) is 12.1. The Morgan fingerprint density at radius 1 is 1.23 bits per heavy atom. The Balaban J connectivity index is 1.94. The highest BCUT2D eigenvalue weighted by Crippen LogP contribution is 2.42. The molecule has 11 heteroatoms. The van der Waals surface area contributed by atoms with Gasteiger partial charge in [0.1, 0.15) is 17.4 Å². The minimum absolute atomic E-state index is 0.0338. The highest BCUT2D eigenvalue weighted by molar-refractivity contribution is 6.32. The molecular weight excluding hydrogens is 488 g/mol. The predicted octanol–water partition coefficient (Wildman–Crippen LogP) is 4.54. The molecule has 0 atom stereocenters. The number of halogens is 5. The van der Waals surface area contributed by atoms with E-state index in [9.17, 15) is 32.4 Å². The summed E-state index contributed by atoms with van der Waals surface area (Å²) in [6.45, 7) is 3.49. The molecule has 0 aliphatic carbocycles. The molecule has 1 aromatic heterocycles. The van der Waals surface area contributed by atoms with Gasteiger partial charge in [-0.15, -0.1) is 0 Å². The van der Waals surface area contributed by atoms with E-state index in [4.69, 9.17) is 11.6 Å². The van der Waals surface area contributed by atoms with Crippen molar-refractivity contribution in [3.05, 3.63) is 86.9 Å². The van der Waals surface area contributed by atoms with Gasteiger partial charge >= 0.3 is 6.18 Å². The van der Waals surface area contributed by atoms with Crippen LogP contribution in [0.2, 0.25) is 5.02 Å². The van der Waals surface area contributed by atoms with Crippen LogP contribution in [0.1, 0.15) is 16.7 Å². The van der Waals surface area contributed by atoms with Gasteiger partial charge in [-0.05, 0) is 35.9 Å². The summed E-state index contributed by atoms with van der Waals surface area (Å²) < 4.78 is 56.6. The van der Waals surface area contributed by atoms with Gasteiger partial charge in [-0.3, -0.25) is 9.59 Å². The first kappa shape index (κ1) is 24.3. The number of carbonyl (C=O) groups is 1. The van der Waals surface area contributed by atoms with Crippen LogP contribution in [0.3, 0.4) is 0 Å². The van der Waals surface area contributed by atoms with Crippen LogP contribution in [0, 0.1) is 17.1 Å². The van der Waals surface area contributed by atoms with Crippen molar-refractivity contribution in [3.63, 3.8) is 0 Å². The number of pyridine rings is 1. The van der Waals surface area contributed by atoms with Crippen LogP contribution in [0.4, 0.5) is 23.2 Å². The lowest BCUT2D eigenvalue weighted by atomic mass is 10.0. The van der Waals surface area contributed by atoms with E-state index < -0.39 is 39.7 Å². The molecule has 2 aromatic carbocycles. The maximum atomic E-state index is 14.1. The molecule has 1 amide bonds. The second-order valence-electron chi connectivity index (χ2n) is 7.98. The standard InChI is InChI=1S/C24H17ClF4N4O2/c1-2-19(34)32-11-15(12-32)31-21-16-7-8-18(25)20(24(27,28)29)22(16)33(23(35)17(21)9-30)10-13-3-5-14(26)6-4-13/h2-8,15,31H,1,10-12H2. The fourth-order valence-electron chi connectivity index (χ4n) is 4.06. The van der Waals surface area contributed by atoms with Gasteiger partial charge in [0, 0.05) is 18.5 Å². The molecule has 0 spiro atoms. The summed E-state index contributed by atoms with van der Waals surface area (Å²) >= 11 is 5.95. The zero-order valence-electron chi connectivity index (χ0n) is 18.0. The number of hydrogen-bond acceptors (Lipinski definition) is 4. The maximum absolute atomic E-state index is 14.1. The highest BCUT2D eigenvalue weighted by atomic mass is 35.5. The van der Waals surface area contributed by atoms with Crippen LogP contribution < -0.4 is 10.9 Å². The highest BCUT2D eigenvalue weighted by Gasteiger charge is 2.38. The van der Waals surface area contributed by atoms with Gasteiger partial charge in [0.25, 0.3) is 5.56 Å². The third-order valence-electron chi connectivity index (χ3n) is 5.74. The molecular formula is C24H17ClF4N4O2. The number of likely N-dealkylation sites (tertiary alicyclic amines) is 1. The molecule has 35 heavy (non-hydrogen) atoms. The van der Waals surface area contributed by atoms with Crippen LogP contribution in [0.25, 0.3) is 10.9 Å². The smallest absolute Gasteiger partial charge is 0.377 e. The minimum atomic E-state index is -4.91. The topological polar surface area (TPSA) is 78.1 Å². The van der Waals surface area contributed by atoms with Gasteiger partial charge in [0.2, 0.25) is 5.91 Å². The Hall–Kier alpha value is -3.84. The molecule has 1 N–H and O–H groups in total. The molecule has 2 heterocycles. The molecule has 0 radical (unpaired) electrons. The predicted molar refractivity (Wildman–Crippen MR) is 123 cm³/mol. The average Bonchev–Trinajstić information content (AvgIpc) is 2.78. The van der Waals surface area contributed by atoms with Crippen molar-refractivity contribution in [3.8, 4) is 6.07 Å². The van der Waals surface area contributed by atoms with E-state index in [1.54, 1.807) is 6.07 Å². The van der Waals surface area contributed by atoms with Gasteiger partial charge in [-0.2, -0.15) is 18.4 Å². The van der Waals surface area contributed by atoms with Gasteiger partial charge in [-0.1, -0.05) is 30.3 Å². The Labute approximate surface area is 201 Å². The number of fused-ring (bicyclic) bond motifs is 1. The van der Waals surface area contributed by atoms with Gasteiger partial charge in [-0.25, -0.2) is 4.39 Å². The Kier molecular flexibility index (Phi) is 6.30. The number of nitrogens with one attached hydrogen (secondary N) is 1. The Morgan fingerprint density at radius 2 is 1.89 bits per heavy atom. The van der Waals surface area contributed by atoms with Crippen LogP contribution in [0.5, 0.6) is 0 Å². The first-order valence-electron chi connectivity index (χ1n) is 10.3. The number of alkyl halides is 3. The van der Waals surface area contributed by atoms with Crippen molar-refractivity contribution in [1.29, 1.82) is 5.26 Å². The molecule has 0 unspecified atom stereocenters. The molecule has 1 aliphatic heterocycles. The SMILES string of the molecule is C=CC(=O)N1CC(Nc2c(C#N)c(=O)n(Cc3ccc(F)cc3)c3c(C(F)(F)F)c(Cl)ccc23)C1. The molecule has 1 aliphatic rings. The van der Waals surface area contributed by atoms with Crippen LogP contribution in [0.15, 0.2) is 53.8 Å². The summed E-state index contributed by atoms with van der Waals surface area (Å²) in [7, 11) is 0. The fourth-order valence-corrected chi connectivity index (χ4v) is 4.32. The summed E-state index contributed by atoms with van der Waals surface area (Å²) in [5.74, 6) is -0.860. The quantitative estimate of drug-likeness (QED) is 0.409. The van der Waals surface area contributed by atoms with E-state index in [1.807, 2.05) is 0 Å². The molecule has 0 bridgehead atoms. The van der Waals surface area contributed by atoms with Crippen LogP contribution >= 0.6 is 11.6 Å². The zero-order valence-corrected chi connectivity index (χ0v) is 18.8. The number of amides is 1. The molecule has 4 rings (SSSR count). The second-order valence-corrected chi connectivity index (χ2v) is 8.39. The average molecular weight is 505 g/mol. The molecule has 3 aromatic rings. The molecule has 0 saturated carbocycles. The van der Waals surface area contributed by atoms with Gasteiger partial charge in [0.05, 0.1) is 34.4 Å². The van der Waals surface area contributed by atoms with E-state index in [0.29, 0.717) is 5.56 Å². The van der Waals surface area contributed by atoms with Crippen molar-refractivity contribution in [2.75, 3.05) is 18.4 Å². The normalized spacial score (nSPS) is 13.9. The molecule has 6 nitrogen and oxygen atoms in total. The van der Waals surface area contributed by atoms with E-state index >= 15 is 0 Å². The number of aromatic nitrogens is 1. The first-order chi connectivity index (χ1) is 16.5. The number of nitriles is 1. The van der Waals surface area contributed by atoms with Gasteiger partial charge in [0.15, 0.2) is 0 Å². The third-order valence-corrected chi connectivity index (χ3v) is 6.06. The number of anilines is 1. The number of carbonyl (C=O) groups excluding carboxylic acids is 1. The monoisotopic (exact) mass is 504 g/mol. The minimum Gasteiger partial charge on any atom is -0.377 e. The first-order valence-corrected chi connectivity index (χ1v) is 10.7. The number of rotatable bonds is 5.